The van der Waals surface area contributed by atoms with Crippen molar-refractivity contribution in [2.24, 2.45) is 5.41 Å². The molecule has 3 aliphatic rings. The number of hydrogen-bond donors (Lipinski definition) is 1. The van der Waals surface area contributed by atoms with Gasteiger partial charge in [-0.15, -0.1) is 0 Å². The summed E-state index contributed by atoms with van der Waals surface area (Å²) in [6, 6.07) is 1.98. The summed E-state index contributed by atoms with van der Waals surface area (Å²) in [4.78, 5) is 28.6. The number of aromatic nitrogens is 2. The Morgan fingerprint density at radius 1 is 1.21 bits per heavy atom. The zero-order chi connectivity index (χ0) is 20.6. The second kappa shape index (κ2) is 8.07. The van der Waals surface area contributed by atoms with Crippen molar-refractivity contribution >= 4 is 17.7 Å². The van der Waals surface area contributed by atoms with Gasteiger partial charge in [0, 0.05) is 65.0 Å². The fourth-order valence-corrected chi connectivity index (χ4v) is 4.78. The quantitative estimate of drug-likeness (QED) is 0.752. The molecule has 0 aromatic carbocycles. The van der Waals surface area contributed by atoms with E-state index in [9.17, 15) is 9.90 Å². The molecule has 4 rings (SSSR count). The third-order valence-electron chi connectivity index (χ3n) is 6.63. The number of anilines is 2. The van der Waals surface area contributed by atoms with E-state index in [0.29, 0.717) is 0 Å². The highest BCUT2D eigenvalue weighted by Gasteiger charge is 2.50. The van der Waals surface area contributed by atoms with Gasteiger partial charge in [-0.05, 0) is 32.6 Å². The molecule has 8 heteroatoms. The number of aryl methyl sites for hydroxylation is 1. The topological polar surface area (TPSA) is 82.0 Å². The zero-order valence-electron chi connectivity index (χ0n) is 17.8. The van der Waals surface area contributed by atoms with Crippen molar-refractivity contribution in [2.75, 3.05) is 56.6 Å². The number of aliphatic hydroxyl groups is 1. The number of nitrogens with zero attached hydrogens (tertiary/aromatic N) is 5. The summed E-state index contributed by atoms with van der Waals surface area (Å²) in [7, 11) is 3.96. The van der Waals surface area contributed by atoms with Gasteiger partial charge in [0.15, 0.2) is 0 Å². The second-order valence-corrected chi connectivity index (χ2v) is 9.09. The van der Waals surface area contributed by atoms with Gasteiger partial charge in [-0.2, -0.15) is 4.98 Å². The molecule has 0 aliphatic carbocycles. The number of likely N-dealkylation sites (tertiary alicyclic amines) is 1. The first-order chi connectivity index (χ1) is 13.8. The van der Waals surface area contributed by atoms with Crippen LogP contribution in [0.4, 0.5) is 11.8 Å². The monoisotopic (exact) mass is 403 g/mol. The Balaban J connectivity index is 1.37. The molecule has 1 aromatic rings. The van der Waals surface area contributed by atoms with Crippen LogP contribution in [-0.4, -0.2) is 85.0 Å². The molecule has 160 valence electrons. The van der Waals surface area contributed by atoms with Crippen LogP contribution in [-0.2, 0) is 9.53 Å². The first-order valence-corrected chi connectivity index (χ1v) is 10.7. The van der Waals surface area contributed by atoms with Crippen molar-refractivity contribution in [2.45, 2.75) is 51.2 Å². The van der Waals surface area contributed by atoms with Crippen molar-refractivity contribution in [3.05, 3.63) is 11.8 Å². The highest BCUT2D eigenvalue weighted by Crippen LogP contribution is 2.43. The number of carbonyl (C=O) groups excluding carboxylic acids is 1. The van der Waals surface area contributed by atoms with Crippen molar-refractivity contribution < 1.29 is 14.6 Å². The summed E-state index contributed by atoms with van der Waals surface area (Å²) >= 11 is 0. The Labute approximate surface area is 172 Å². The van der Waals surface area contributed by atoms with Crippen LogP contribution < -0.4 is 9.80 Å². The van der Waals surface area contributed by atoms with Crippen LogP contribution in [0.1, 0.15) is 37.8 Å². The molecule has 0 amide bonds. The van der Waals surface area contributed by atoms with E-state index in [1.54, 1.807) is 0 Å². The molecule has 1 spiro atoms. The van der Waals surface area contributed by atoms with Gasteiger partial charge in [-0.1, -0.05) is 0 Å². The fraction of sp³-hybridized carbons (Fsp3) is 0.762. The van der Waals surface area contributed by atoms with Gasteiger partial charge in [-0.3, -0.25) is 9.69 Å². The summed E-state index contributed by atoms with van der Waals surface area (Å²) in [6.45, 7) is 6.09. The molecular weight excluding hydrogens is 370 g/mol. The van der Waals surface area contributed by atoms with Gasteiger partial charge in [0.25, 0.3) is 0 Å². The molecule has 3 fully saturated rings. The number of esters is 1. The number of rotatable bonds is 4. The van der Waals surface area contributed by atoms with Gasteiger partial charge in [0.2, 0.25) is 5.95 Å². The van der Waals surface area contributed by atoms with Crippen LogP contribution in [0, 0.1) is 12.3 Å². The van der Waals surface area contributed by atoms with Gasteiger partial charge in [0.05, 0.1) is 11.5 Å². The van der Waals surface area contributed by atoms with E-state index in [0.717, 1.165) is 82.3 Å². The predicted octanol–water partition coefficient (Wildman–Crippen LogP) is 1.21. The molecule has 8 nitrogen and oxygen atoms in total. The first kappa shape index (κ1) is 20.3. The fourth-order valence-electron chi connectivity index (χ4n) is 4.78. The highest BCUT2D eigenvalue weighted by atomic mass is 16.6. The van der Waals surface area contributed by atoms with E-state index < -0.39 is 0 Å². The lowest BCUT2D eigenvalue weighted by molar-refractivity contribution is -0.150. The number of hydrogen-bond acceptors (Lipinski definition) is 8. The Morgan fingerprint density at radius 2 is 1.90 bits per heavy atom. The Hall–Kier alpha value is -1.93. The molecular formula is C21H33N5O3. The zero-order valence-corrected chi connectivity index (χ0v) is 17.8. The largest absolute Gasteiger partial charge is 0.461 e. The van der Waals surface area contributed by atoms with Crippen molar-refractivity contribution in [1.29, 1.82) is 0 Å². The summed E-state index contributed by atoms with van der Waals surface area (Å²) in [5.41, 5.74) is 0.594. The van der Waals surface area contributed by atoms with E-state index in [1.165, 1.54) is 0 Å². The number of ether oxygens (including phenoxy) is 1. The molecule has 0 bridgehead atoms. The molecule has 1 unspecified atom stereocenters. The number of cyclic esters (lactones) is 1. The molecule has 0 radical (unpaired) electrons. The summed E-state index contributed by atoms with van der Waals surface area (Å²) < 4.78 is 5.80. The van der Waals surface area contributed by atoms with Crippen LogP contribution in [0.2, 0.25) is 0 Å². The van der Waals surface area contributed by atoms with Gasteiger partial charge in [0.1, 0.15) is 11.9 Å². The lowest BCUT2D eigenvalue weighted by atomic mass is 9.76. The van der Waals surface area contributed by atoms with E-state index >= 15 is 0 Å². The van der Waals surface area contributed by atoms with E-state index in [1.807, 2.05) is 32.0 Å². The molecule has 4 heterocycles. The number of carbonyl (C=O) groups is 1. The third-order valence-corrected chi connectivity index (χ3v) is 6.63. The maximum atomic E-state index is 12.8. The summed E-state index contributed by atoms with van der Waals surface area (Å²) in [5.74, 6) is 1.62. The first-order valence-electron chi connectivity index (χ1n) is 10.7. The van der Waals surface area contributed by atoms with Crippen molar-refractivity contribution in [3.63, 3.8) is 0 Å². The smallest absolute Gasteiger partial charge is 0.312 e. The SMILES string of the molecule is Cc1cc(N(C)C)nc(N2CCC3(CC2)CC(CN2CCC(O)CC2)OC3=O)n1. The maximum Gasteiger partial charge on any atom is 0.312 e. The normalized spacial score (nSPS) is 25.4. The summed E-state index contributed by atoms with van der Waals surface area (Å²) in [5, 5.41) is 9.68. The van der Waals surface area contributed by atoms with Crippen LogP contribution in [0.5, 0.6) is 0 Å². The van der Waals surface area contributed by atoms with Crippen LogP contribution in [0.3, 0.4) is 0 Å². The highest BCUT2D eigenvalue weighted by molar-refractivity contribution is 5.79. The minimum atomic E-state index is -0.356. The molecule has 0 saturated carbocycles. The third kappa shape index (κ3) is 4.33. The second-order valence-electron chi connectivity index (χ2n) is 9.09. The minimum absolute atomic E-state index is 0.0279. The molecule has 1 atom stereocenters. The number of piperidine rings is 2. The molecule has 29 heavy (non-hydrogen) atoms. The molecule has 3 aliphatic heterocycles. The maximum absolute atomic E-state index is 12.8. The Morgan fingerprint density at radius 3 is 2.55 bits per heavy atom. The Kier molecular flexibility index (Phi) is 5.66. The number of aliphatic hydroxyl groups excluding tert-OH is 1. The Bertz CT molecular complexity index is 740. The minimum Gasteiger partial charge on any atom is -0.461 e. The van der Waals surface area contributed by atoms with Gasteiger partial charge >= 0.3 is 5.97 Å². The van der Waals surface area contributed by atoms with E-state index in [2.05, 4.69) is 19.8 Å². The van der Waals surface area contributed by atoms with Crippen LogP contribution >= 0.6 is 0 Å². The average Bonchev–Trinajstić information content (AvgIpc) is 2.98. The van der Waals surface area contributed by atoms with Crippen molar-refractivity contribution in [3.8, 4) is 0 Å². The lowest BCUT2D eigenvalue weighted by Gasteiger charge is -2.37. The van der Waals surface area contributed by atoms with Crippen LogP contribution in [0.25, 0.3) is 0 Å². The lowest BCUT2D eigenvalue weighted by Crippen LogP contribution is -2.43. The molecule has 3 saturated heterocycles. The molecule has 1 N–H and O–H groups in total. The van der Waals surface area contributed by atoms with E-state index in [-0.39, 0.29) is 23.6 Å². The van der Waals surface area contributed by atoms with E-state index in [4.69, 9.17) is 4.74 Å². The average molecular weight is 404 g/mol. The van der Waals surface area contributed by atoms with Gasteiger partial charge in [-0.25, -0.2) is 4.98 Å². The van der Waals surface area contributed by atoms with Crippen LogP contribution in [0.15, 0.2) is 6.07 Å². The van der Waals surface area contributed by atoms with Gasteiger partial charge < -0.3 is 19.6 Å². The molecule has 1 aromatic heterocycles. The standard InChI is InChI=1S/C21H33N5O3/c1-15-12-18(24(2)3)23-20(22-15)26-10-6-21(7-11-26)13-17(29-19(21)28)14-25-8-4-16(27)5-9-25/h12,16-17,27H,4-11,13-14H2,1-3H3. The predicted molar refractivity (Wildman–Crippen MR) is 111 cm³/mol. The van der Waals surface area contributed by atoms with Crippen molar-refractivity contribution in [1.82, 2.24) is 14.9 Å². The summed E-state index contributed by atoms with van der Waals surface area (Å²) in [6.07, 6.45) is 3.80.